The number of carboxylic acid groups (broad SMARTS) is 1. The van der Waals surface area contributed by atoms with Crippen molar-refractivity contribution in [3.63, 3.8) is 0 Å². The van der Waals surface area contributed by atoms with Crippen LogP contribution in [0.4, 0.5) is 0 Å². The molecule has 0 aromatic heterocycles. The second-order valence-electron chi connectivity index (χ2n) is 6.63. The van der Waals surface area contributed by atoms with Crippen LogP contribution in [0.15, 0.2) is 22.9 Å². The van der Waals surface area contributed by atoms with Crippen LogP contribution >= 0.6 is 0 Å². The maximum absolute atomic E-state index is 12.2. The Kier molecular flexibility index (Phi) is 4.03. The first-order valence-corrected chi connectivity index (χ1v) is 7.89. The molecule has 0 unspecified atom stereocenters. The van der Waals surface area contributed by atoms with E-state index in [1.165, 1.54) is 4.90 Å². The van der Waals surface area contributed by atoms with Crippen molar-refractivity contribution in [3.8, 4) is 0 Å². The number of β-lactam (4-membered cyclic amide) rings is 1. The number of carbonyl (C=O) groups is 2. The lowest BCUT2D eigenvalue weighted by atomic mass is 9.82. The molecule has 3 heterocycles. The van der Waals surface area contributed by atoms with Crippen molar-refractivity contribution >= 4 is 11.9 Å². The van der Waals surface area contributed by atoms with E-state index in [1.54, 1.807) is 6.92 Å². The van der Waals surface area contributed by atoms with Crippen molar-refractivity contribution in [2.45, 2.75) is 51.0 Å². The summed E-state index contributed by atoms with van der Waals surface area (Å²) in [5, 5.41) is 32.0. The molecule has 2 fully saturated rings. The third kappa shape index (κ3) is 2.58. The van der Waals surface area contributed by atoms with Crippen LogP contribution in [-0.2, 0) is 9.59 Å². The van der Waals surface area contributed by atoms with Gasteiger partial charge in [-0.1, -0.05) is 6.08 Å². The molecular weight excluding hydrogens is 300 g/mol. The Balaban J connectivity index is 1.87. The van der Waals surface area contributed by atoms with Gasteiger partial charge in [0, 0.05) is 12.6 Å². The second kappa shape index (κ2) is 5.74. The number of allylic oxidation sites excluding steroid dienone is 1. The number of aliphatic hydroxyl groups is 2. The Morgan fingerprint density at radius 1 is 1.48 bits per heavy atom. The first-order chi connectivity index (χ1) is 10.8. The van der Waals surface area contributed by atoms with Crippen LogP contribution in [0.25, 0.3) is 0 Å². The molecule has 2 saturated heterocycles. The average molecular weight is 322 g/mol. The first kappa shape index (κ1) is 16.2. The van der Waals surface area contributed by atoms with Crippen LogP contribution in [0.3, 0.4) is 0 Å². The molecule has 7 nitrogen and oxygen atoms in total. The number of carboxylic acids is 1. The third-order valence-corrected chi connectivity index (χ3v) is 5.00. The van der Waals surface area contributed by atoms with Gasteiger partial charge < -0.3 is 25.5 Å². The summed E-state index contributed by atoms with van der Waals surface area (Å²) in [4.78, 5) is 25.1. The number of carbonyl (C=O) groups excluding carboxylic acids is 1. The average Bonchev–Trinajstić information content (AvgIpc) is 2.99. The van der Waals surface area contributed by atoms with Crippen LogP contribution in [0.2, 0.25) is 0 Å². The molecule has 7 heteroatoms. The Morgan fingerprint density at radius 2 is 2.17 bits per heavy atom. The van der Waals surface area contributed by atoms with E-state index >= 15 is 0 Å². The molecule has 23 heavy (non-hydrogen) atoms. The summed E-state index contributed by atoms with van der Waals surface area (Å²) in [7, 11) is 0. The molecule has 5 atom stereocenters. The standard InChI is InChI=1S/C16H22N2O5/c1-7(3-9-4-10(20)6-17-9)11-5-12-13(8(2)19)15(21)18(12)14(11)16(22)23/h3,8-10,12-13,17,19-20H,4-6H2,1-2H3,(H,22,23)/b7-3+/t8-,9-,10-,12-,13-/m1/s1. The van der Waals surface area contributed by atoms with E-state index in [4.69, 9.17) is 0 Å². The SMILES string of the molecule is C/C(=C\[C@@H]1C[C@@H](O)CN1)C1=C(C(=O)O)N2C(=O)[C@H]([C@@H](C)O)[C@H]2C1. The molecule has 3 aliphatic rings. The maximum Gasteiger partial charge on any atom is 0.352 e. The Morgan fingerprint density at radius 3 is 2.70 bits per heavy atom. The van der Waals surface area contributed by atoms with Crippen LogP contribution in [0.5, 0.6) is 0 Å². The van der Waals surface area contributed by atoms with Gasteiger partial charge in [-0.05, 0) is 37.8 Å². The maximum atomic E-state index is 12.2. The highest BCUT2D eigenvalue weighted by Gasteiger charge is 2.56. The molecule has 3 rings (SSSR count). The number of aliphatic hydroxyl groups excluding tert-OH is 2. The summed E-state index contributed by atoms with van der Waals surface area (Å²) in [5.41, 5.74) is 1.48. The van der Waals surface area contributed by atoms with Gasteiger partial charge in [0.25, 0.3) is 0 Å². The fourth-order valence-corrected chi connectivity index (χ4v) is 3.90. The predicted molar refractivity (Wildman–Crippen MR) is 81.3 cm³/mol. The molecule has 4 N–H and O–H groups in total. The van der Waals surface area contributed by atoms with E-state index < -0.39 is 18.0 Å². The Hall–Kier alpha value is -1.70. The zero-order valence-electron chi connectivity index (χ0n) is 13.2. The topological polar surface area (TPSA) is 110 Å². The fourth-order valence-electron chi connectivity index (χ4n) is 3.90. The van der Waals surface area contributed by atoms with Gasteiger partial charge in [-0.2, -0.15) is 0 Å². The summed E-state index contributed by atoms with van der Waals surface area (Å²) in [6.45, 7) is 3.92. The van der Waals surface area contributed by atoms with Crippen LogP contribution in [-0.4, -0.2) is 62.9 Å². The van der Waals surface area contributed by atoms with Crippen molar-refractivity contribution in [2.24, 2.45) is 5.92 Å². The number of nitrogens with zero attached hydrogens (tertiary/aromatic N) is 1. The van der Waals surface area contributed by atoms with Crippen molar-refractivity contribution in [1.29, 1.82) is 0 Å². The van der Waals surface area contributed by atoms with Crippen molar-refractivity contribution < 1.29 is 24.9 Å². The van der Waals surface area contributed by atoms with E-state index in [2.05, 4.69) is 5.32 Å². The second-order valence-corrected chi connectivity index (χ2v) is 6.63. The molecule has 0 radical (unpaired) electrons. The Bertz CT molecular complexity index is 610. The fraction of sp³-hybridized carbons (Fsp3) is 0.625. The number of hydrogen-bond donors (Lipinski definition) is 4. The molecule has 0 aliphatic carbocycles. The summed E-state index contributed by atoms with van der Waals surface area (Å²) in [6.07, 6.45) is 1.79. The summed E-state index contributed by atoms with van der Waals surface area (Å²) in [6, 6.07) is -0.266. The van der Waals surface area contributed by atoms with Gasteiger partial charge in [-0.3, -0.25) is 4.79 Å². The van der Waals surface area contributed by atoms with Gasteiger partial charge >= 0.3 is 5.97 Å². The lowest BCUT2D eigenvalue weighted by Gasteiger charge is -2.44. The van der Waals surface area contributed by atoms with E-state index in [9.17, 15) is 24.9 Å². The van der Waals surface area contributed by atoms with Gasteiger partial charge in [0.15, 0.2) is 0 Å². The number of β-amino-alcohol motifs (C(OH)–C–C–N with tert-alkyl or cyclic N) is 1. The highest BCUT2D eigenvalue weighted by atomic mass is 16.4. The van der Waals surface area contributed by atoms with E-state index in [0.717, 1.165) is 5.57 Å². The largest absolute Gasteiger partial charge is 0.477 e. The van der Waals surface area contributed by atoms with E-state index in [0.29, 0.717) is 25.0 Å². The summed E-state index contributed by atoms with van der Waals surface area (Å²) in [5.74, 6) is -1.97. The zero-order valence-corrected chi connectivity index (χ0v) is 13.2. The number of rotatable bonds is 4. The molecule has 3 aliphatic heterocycles. The third-order valence-electron chi connectivity index (χ3n) is 5.00. The number of amides is 1. The van der Waals surface area contributed by atoms with Crippen molar-refractivity contribution in [1.82, 2.24) is 10.2 Å². The minimum atomic E-state index is -1.12. The minimum Gasteiger partial charge on any atom is -0.477 e. The number of fused-ring (bicyclic) bond motifs is 1. The predicted octanol–water partition coefficient (Wildman–Crippen LogP) is -0.394. The van der Waals surface area contributed by atoms with Gasteiger partial charge in [0.2, 0.25) is 5.91 Å². The van der Waals surface area contributed by atoms with Crippen molar-refractivity contribution in [3.05, 3.63) is 22.9 Å². The van der Waals surface area contributed by atoms with Gasteiger partial charge in [0.1, 0.15) is 5.70 Å². The minimum absolute atomic E-state index is 0.00376. The van der Waals surface area contributed by atoms with E-state index in [-0.39, 0.29) is 29.8 Å². The van der Waals surface area contributed by atoms with Crippen molar-refractivity contribution in [2.75, 3.05) is 6.54 Å². The van der Waals surface area contributed by atoms with Gasteiger partial charge in [-0.25, -0.2) is 4.79 Å². The normalized spacial score (nSPS) is 35.4. The molecule has 0 spiro atoms. The molecule has 0 aromatic rings. The van der Waals surface area contributed by atoms with E-state index in [1.807, 2.05) is 13.0 Å². The monoisotopic (exact) mass is 322 g/mol. The van der Waals surface area contributed by atoms with Gasteiger partial charge in [0.05, 0.1) is 24.2 Å². The van der Waals surface area contributed by atoms with Crippen LogP contribution < -0.4 is 5.32 Å². The first-order valence-electron chi connectivity index (χ1n) is 7.89. The lowest BCUT2D eigenvalue weighted by molar-refractivity contribution is -0.161. The lowest BCUT2D eigenvalue weighted by Crippen LogP contribution is -2.61. The Labute approximate surface area is 134 Å². The number of hydrogen-bond acceptors (Lipinski definition) is 5. The van der Waals surface area contributed by atoms with Crippen LogP contribution in [0, 0.1) is 5.92 Å². The summed E-state index contributed by atoms with van der Waals surface area (Å²) >= 11 is 0. The molecule has 126 valence electrons. The van der Waals surface area contributed by atoms with Crippen LogP contribution in [0.1, 0.15) is 26.7 Å². The molecule has 0 aromatic carbocycles. The quantitative estimate of drug-likeness (QED) is 0.525. The zero-order chi connectivity index (χ0) is 16.9. The summed E-state index contributed by atoms with van der Waals surface area (Å²) < 4.78 is 0. The molecule has 1 amide bonds. The molecule has 0 bridgehead atoms. The highest BCUT2D eigenvalue weighted by Crippen LogP contribution is 2.45. The molecule has 0 saturated carbocycles. The highest BCUT2D eigenvalue weighted by molar-refractivity contribution is 6.00. The smallest absolute Gasteiger partial charge is 0.352 e. The number of nitrogens with one attached hydrogen (secondary N) is 1. The molecular formula is C16H22N2O5. The van der Waals surface area contributed by atoms with Gasteiger partial charge in [-0.15, -0.1) is 0 Å². The number of aliphatic carboxylic acids is 1.